The van der Waals surface area contributed by atoms with Gasteiger partial charge in [0.15, 0.2) is 0 Å². The van der Waals surface area contributed by atoms with E-state index in [1.807, 2.05) is 11.3 Å². The first-order chi connectivity index (χ1) is 10.3. The minimum Gasteiger partial charge on any atom is -0.309 e. The fraction of sp³-hybridized carbons (Fsp3) is 0.444. The highest BCUT2D eigenvalue weighted by atomic mass is 32.2. The molecule has 0 aliphatic heterocycles. The van der Waals surface area contributed by atoms with Gasteiger partial charge in [-0.2, -0.15) is 11.8 Å². The molecule has 1 saturated carbocycles. The number of benzene rings is 1. The molecule has 0 spiro atoms. The fourth-order valence-corrected chi connectivity index (χ4v) is 5.00. The lowest BCUT2D eigenvalue weighted by Crippen LogP contribution is -2.25. The quantitative estimate of drug-likeness (QED) is 0.788. The average molecular weight is 318 g/mol. The van der Waals surface area contributed by atoms with Gasteiger partial charge in [0.25, 0.3) is 0 Å². The maximum absolute atomic E-state index is 3.75. The lowest BCUT2D eigenvalue weighted by molar-refractivity contribution is 0.528. The van der Waals surface area contributed by atoms with E-state index in [1.165, 1.54) is 41.0 Å². The van der Waals surface area contributed by atoms with Gasteiger partial charge in [-0.15, -0.1) is 11.3 Å². The van der Waals surface area contributed by atoms with Crippen LogP contribution in [0, 0.1) is 0 Å². The molecule has 0 radical (unpaired) electrons. The lowest BCUT2D eigenvalue weighted by atomic mass is 10.1. The number of thioether (sulfide) groups is 1. The summed E-state index contributed by atoms with van der Waals surface area (Å²) >= 11 is 4.00. The highest BCUT2D eigenvalue weighted by molar-refractivity contribution is 7.99. The minimum absolute atomic E-state index is 0.719. The molecule has 2 atom stereocenters. The Morgan fingerprint density at radius 1 is 1.19 bits per heavy atom. The van der Waals surface area contributed by atoms with E-state index < -0.39 is 0 Å². The predicted molar refractivity (Wildman–Crippen MR) is 96.2 cm³/mol. The average Bonchev–Trinajstić information content (AvgIpc) is 3.16. The molecular weight excluding hydrogens is 294 g/mol. The summed E-state index contributed by atoms with van der Waals surface area (Å²) in [6.07, 6.45) is 4.07. The van der Waals surface area contributed by atoms with Crippen LogP contribution in [-0.4, -0.2) is 17.0 Å². The SMILES string of the molecule is CCSC1CCC(NCc2cc(-c3ccccc3)cs2)C1. The Labute approximate surface area is 136 Å². The maximum Gasteiger partial charge on any atom is 0.0302 e. The first-order valence-corrected chi connectivity index (χ1v) is 9.76. The lowest BCUT2D eigenvalue weighted by Gasteiger charge is -2.12. The topological polar surface area (TPSA) is 12.0 Å². The van der Waals surface area contributed by atoms with Gasteiger partial charge in [0.2, 0.25) is 0 Å². The van der Waals surface area contributed by atoms with Crippen LogP contribution in [0.4, 0.5) is 0 Å². The van der Waals surface area contributed by atoms with Crippen LogP contribution in [0.2, 0.25) is 0 Å². The summed E-state index contributed by atoms with van der Waals surface area (Å²) in [5.41, 5.74) is 2.67. The zero-order valence-electron chi connectivity index (χ0n) is 12.5. The second-order valence-electron chi connectivity index (χ2n) is 5.64. The van der Waals surface area contributed by atoms with E-state index in [4.69, 9.17) is 0 Å². The van der Waals surface area contributed by atoms with E-state index in [0.29, 0.717) is 0 Å². The van der Waals surface area contributed by atoms with Crippen LogP contribution in [0.25, 0.3) is 11.1 Å². The first-order valence-electron chi connectivity index (χ1n) is 7.83. The van der Waals surface area contributed by atoms with Gasteiger partial charge in [0, 0.05) is 22.7 Å². The second kappa shape index (κ2) is 7.48. The molecule has 0 amide bonds. The van der Waals surface area contributed by atoms with Crippen LogP contribution in [-0.2, 0) is 6.54 Å². The Bertz CT molecular complexity index is 549. The summed E-state index contributed by atoms with van der Waals surface area (Å²) in [4.78, 5) is 1.44. The molecular formula is C18H23NS2. The summed E-state index contributed by atoms with van der Waals surface area (Å²) < 4.78 is 0. The van der Waals surface area contributed by atoms with Crippen LogP contribution in [0.3, 0.4) is 0 Å². The molecule has 0 bridgehead atoms. The third-order valence-corrected chi connectivity index (χ3v) is 6.28. The summed E-state index contributed by atoms with van der Waals surface area (Å²) in [6, 6.07) is 13.7. The molecule has 3 heteroatoms. The number of thiophene rings is 1. The molecule has 1 aliphatic rings. The maximum atomic E-state index is 3.75. The van der Waals surface area contributed by atoms with Gasteiger partial charge in [0.1, 0.15) is 0 Å². The van der Waals surface area contributed by atoms with Crippen molar-refractivity contribution in [3.05, 3.63) is 46.7 Å². The zero-order valence-corrected chi connectivity index (χ0v) is 14.2. The van der Waals surface area contributed by atoms with Crippen molar-refractivity contribution < 1.29 is 0 Å². The smallest absolute Gasteiger partial charge is 0.0302 e. The number of hydrogen-bond donors (Lipinski definition) is 1. The molecule has 1 fully saturated rings. The molecule has 1 aromatic heterocycles. The van der Waals surface area contributed by atoms with Crippen LogP contribution in [0.1, 0.15) is 31.1 Å². The predicted octanol–water partition coefficient (Wildman–Crippen LogP) is 5.18. The molecule has 21 heavy (non-hydrogen) atoms. The summed E-state index contributed by atoms with van der Waals surface area (Å²) in [5.74, 6) is 1.25. The zero-order chi connectivity index (χ0) is 14.5. The van der Waals surface area contributed by atoms with Crippen molar-refractivity contribution in [2.75, 3.05) is 5.75 Å². The van der Waals surface area contributed by atoms with Crippen LogP contribution >= 0.6 is 23.1 Å². The number of hydrogen-bond acceptors (Lipinski definition) is 3. The van der Waals surface area contributed by atoms with Crippen molar-refractivity contribution in [1.29, 1.82) is 0 Å². The van der Waals surface area contributed by atoms with Crippen molar-refractivity contribution >= 4 is 23.1 Å². The first kappa shape index (κ1) is 15.1. The molecule has 1 heterocycles. The Morgan fingerprint density at radius 3 is 2.86 bits per heavy atom. The standard InChI is InChI=1S/C18H23NS2/c1-2-20-17-9-8-16(11-17)19-12-18-10-15(13-21-18)14-6-4-3-5-7-14/h3-7,10,13,16-17,19H,2,8-9,11-12H2,1H3. The van der Waals surface area contributed by atoms with Crippen LogP contribution in [0.5, 0.6) is 0 Å². The molecule has 0 saturated heterocycles. The Kier molecular flexibility index (Phi) is 5.39. The Balaban J connectivity index is 1.52. The van der Waals surface area contributed by atoms with Gasteiger partial charge in [-0.05, 0) is 47.6 Å². The van der Waals surface area contributed by atoms with Gasteiger partial charge < -0.3 is 5.32 Å². The van der Waals surface area contributed by atoms with Crippen molar-refractivity contribution in [2.45, 2.75) is 44.0 Å². The summed E-state index contributed by atoms with van der Waals surface area (Å²) in [5, 5.41) is 6.91. The molecule has 3 rings (SSSR count). The molecule has 1 aromatic carbocycles. The molecule has 2 aromatic rings. The van der Waals surface area contributed by atoms with Gasteiger partial charge >= 0.3 is 0 Å². The summed E-state index contributed by atoms with van der Waals surface area (Å²) in [6.45, 7) is 3.29. The summed E-state index contributed by atoms with van der Waals surface area (Å²) in [7, 11) is 0. The monoisotopic (exact) mass is 317 g/mol. The minimum atomic E-state index is 0.719. The molecule has 1 nitrogen and oxygen atoms in total. The van der Waals surface area contributed by atoms with E-state index in [0.717, 1.165) is 17.8 Å². The molecule has 2 unspecified atom stereocenters. The normalized spacial score (nSPS) is 21.8. The van der Waals surface area contributed by atoms with Crippen LogP contribution in [0.15, 0.2) is 41.8 Å². The van der Waals surface area contributed by atoms with Gasteiger partial charge in [-0.1, -0.05) is 37.3 Å². The largest absolute Gasteiger partial charge is 0.309 e. The third-order valence-electron chi connectivity index (χ3n) is 4.11. The molecule has 1 aliphatic carbocycles. The van der Waals surface area contributed by atoms with Crippen molar-refractivity contribution in [2.24, 2.45) is 0 Å². The Morgan fingerprint density at radius 2 is 2.05 bits per heavy atom. The van der Waals surface area contributed by atoms with E-state index in [-0.39, 0.29) is 0 Å². The van der Waals surface area contributed by atoms with Crippen molar-refractivity contribution in [3.63, 3.8) is 0 Å². The van der Waals surface area contributed by atoms with E-state index in [9.17, 15) is 0 Å². The number of rotatable bonds is 6. The fourth-order valence-electron chi connectivity index (χ4n) is 3.01. The Hall–Kier alpha value is -0.770. The van der Waals surface area contributed by atoms with E-state index in [1.54, 1.807) is 0 Å². The van der Waals surface area contributed by atoms with Crippen molar-refractivity contribution in [1.82, 2.24) is 5.32 Å². The highest BCUT2D eigenvalue weighted by Gasteiger charge is 2.23. The van der Waals surface area contributed by atoms with Gasteiger partial charge in [-0.25, -0.2) is 0 Å². The highest BCUT2D eigenvalue weighted by Crippen LogP contribution is 2.30. The van der Waals surface area contributed by atoms with Gasteiger partial charge in [-0.3, -0.25) is 0 Å². The number of nitrogens with one attached hydrogen (secondary N) is 1. The van der Waals surface area contributed by atoms with E-state index >= 15 is 0 Å². The van der Waals surface area contributed by atoms with Crippen LogP contribution < -0.4 is 5.32 Å². The molecule has 112 valence electrons. The molecule has 1 N–H and O–H groups in total. The third kappa shape index (κ3) is 4.12. The van der Waals surface area contributed by atoms with Crippen molar-refractivity contribution in [3.8, 4) is 11.1 Å². The van der Waals surface area contributed by atoms with Gasteiger partial charge in [0.05, 0.1) is 0 Å². The van der Waals surface area contributed by atoms with E-state index in [2.05, 4.69) is 65.8 Å². The second-order valence-corrected chi connectivity index (χ2v) is 8.21.